The minimum atomic E-state index is -1.33. The van der Waals surface area contributed by atoms with Crippen molar-refractivity contribution in [1.82, 2.24) is 10.2 Å². The second kappa shape index (κ2) is 4.10. The highest BCUT2D eigenvalue weighted by molar-refractivity contribution is 5.77. The maximum absolute atomic E-state index is 8.78. The maximum atomic E-state index is 8.78. The molecule has 1 aromatic carbocycles. The van der Waals surface area contributed by atoms with E-state index in [0.717, 1.165) is 10.9 Å². The number of H-pyrrole nitrogens is 1. The lowest BCUT2D eigenvalue weighted by molar-refractivity contribution is 0.205. The van der Waals surface area contributed by atoms with E-state index in [0.29, 0.717) is 0 Å². The molecule has 5 heteroatoms. The number of benzene rings is 1. The number of amides is 1. The van der Waals surface area contributed by atoms with Gasteiger partial charge in [0.05, 0.1) is 11.7 Å². The van der Waals surface area contributed by atoms with Crippen LogP contribution in [0.2, 0.25) is 0 Å². The fourth-order valence-corrected chi connectivity index (χ4v) is 0.883. The van der Waals surface area contributed by atoms with Gasteiger partial charge in [-0.25, -0.2) is 4.79 Å². The first-order chi connectivity index (χ1) is 6.20. The molecule has 0 atom stereocenters. The van der Waals surface area contributed by atoms with Gasteiger partial charge < -0.3 is 10.8 Å². The Kier molecular flexibility index (Phi) is 2.86. The van der Waals surface area contributed by atoms with Crippen LogP contribution in [0.1, 0.15) is 0 Å². The van der Waals surface area contributed by atoms with Crippen molar-refractivity contribution < 1.29 is 9.90 Å². The molecule has 1 aromatic heterocycles. The number of para-hydroxylation sites is 1. The first kappa shape index (κ1) is 9.05. The number of fused-ring (bicyclic) bond motifs is 1. The number of primary amides is 1. The lowest BCUT2D eigenvalue weighted by Crippen LogP contribution is -2.03. The van der Waals surface area contributed by atoms with E-state index >= 15 is 0 Å². The molecule has 2 aromatic rings. The van der Waals surface area contributed by atoms with Crippen LogP contribution in [0.4, 0.5) is 4.79 Å². The van der Waals surface area contributed by atoms with Crippen molar-refractivity contribution in [2.24, 2.45) is 5.73 Å². The standard InChI is InChI=1S/C7H6N2.CH3NO2/c1-2-4-7-6(3-1)5-8-9-7;2-1(3)4/h1-5H,(H,8,9);2H2,(H,3,4). The molecule has 1 heterocycles. The van der Waals surface area contributed by atoms with Crippen LogP contribution < -0.4 is 5.73 Å². The van der Waals surface area contributed by atoms with Gasteiger partial charge in [-0.2, -0.15) is 5.10 Å². The van der Waals surface area contributed by atoms with Gasteiger partial charge in [-0.3, -0.25) is 5.10 Å². The third-order valence-corrected chi connectivity index (χ3v) is 1.35. The monoisotopic (exact) mass is 179 g/mol. The molecule has 0 aliphatic heterocycles. The number of aromatic nitrogens is 2. The molecule has 0 saturated heterocycles. The summed E-state index contributed by atoms with van der Waals surface area (Å²) < 4.78 is 0. The van der Waals surface area contributed by atoms with Gasteiger partial charge in [0.25, 0.3) is 0 Å². The minimum absolute atomic E-state index is 1.09. The molecule has 0 radical (unpaired) electrons. The number of nitrogens with zero attached hydrogens (tertiary/aromatic N) is 1. The highest BCUT2D eigenvalue weighted by Crippen LogP contribution is 2.06. The van der Waals surface area contributed by atoms with Crippen molar-refractivity contribution in [3.63, 3.8) is 0 Å². The van der Waals surface area contributed by atoms with Crippen molar-refractivity contribution in [1.29, 1.82) is 0 Å². The molecule has 1 amide bonds. The van der Waals surface area contributed by atoms with Crippen LogP contribution in [0.5, 0.6) is 0 Å². The highest BCUT2D eigenvalue weighted by atomic mass is 16.4. The predicted molar refractivity (Wildman–Crippen MR) is 48.3 cm³/mol. The van der Waals surface area contributed by atoms with Crippen molar-refractivity contribution >= 4 is 17.0 Å². The van der Waals surface area contributed by atoms with Gasteiger partial charge >= 0.3 is 6.09 Å². The van der Waals surface area contributed by atoms with E-state index in [-0.39, 0.29) is 0 Å². The number of rotatable bonds is 0. The van der Waals surface area contributed by atoms with Crippen molar-refractivity contribution in [2.45, 2.75) is 0 Å². The number of carbonyl (C=O) groups is 1. The average molecular weight is 179 g/mol. The van der Waals surface area contributed by atoms with Gasteiger partial charge in [0.2, 0.25) is 0 Å². The summed E-state index contributed by atoms with van der Waals surface area (Å²) in [6.45, 7) is 0. The lowest BCUT2D eigenvalue weighted by Gasteiger charge is -1.81. The van der Waals surface area contributed by atoms with Gasteiger partial charge in [0.1, 0.15) is 0 Å². The fourth-order valence-electron chi connectivity index (χ4n) is 0.883. The number of hydrogen-bond acceptors (Lipinski definition) is 2. The maximum Gasteiger partial charge on any atom is 0.402 e. The molecule has 0 aliphatic rings. The van der Waals surface area contributed by atoms with Crippen molar-refractivity contribution in [3.05, 3.63) is 30.5 Å². The first-order valence-corrected chi connectivity index (χ1v) is 3.56. The van der Waals surface area contributed by atoms with Crippen molar-refractivity contribution in [2.75, 3.05) is 0 Å². The smallest absolute Gasteiger partial charge is 0.402 e. The minimum Gasteiger partial charge on any atom is -0.465 e. The Morgan fingerprint density at radius 2 is 2.08 bits per heavy atom. The van der Waals surface area contributed by atoms with E-state index in [9.17, 15) is 0 Å². The lowest BCUT2D eigenvalue weighted by atomic mass is 10.3. The molecule has 0 spiro atoms. The number of carboxylic acid groups (broad SMARTS) is 1. The summed E-state index contributed by atoms with van der Waals surface area (Å²) in [5, 5.41) is 15.1. The largest absolute Gasteiger partial charge is 0.465 e. The second-order valence-electron chi connectivity index (χ2n) is 2.30. The van der Waals surface area contributed by atoms with Gasteiger partial charge in [0, 0.05) is 5.39 Å². The summed E-state index contributed by atoms with van der Waals surface area (Å²) in [5.74, 6) is 0. The molecular weight excluding hydrogens is 170 g/mol. The SMILES string of the molecule is NC(=O)O.c1ccc2[nH]ncc2c1. The van der Waals surface area contributed by atoms with Gasteiger partial charge in [0.15, 0.2) is 0 Å². The zero-order chi connectivity index (χ0) is 9.68. The van der Waals surface area contributed by atoms with E-state index < -0.39 is 6.09 Å². The van der Waals surface area contributed by atoms with Crippen LogP contribution in [0.15, 0.2) is 30.5 Å². The van der Waals surface area contributed by atoms with Crippen LogP contribution in [-0.2, 0) is 0 Å². The van der Waals surface area contributed by atoms with E-state index in [2.05, 4.69) is 15.9 Å². The number of hydrogen-bond donors (Lipinski definition) is 3. The summed E-state index contributed by atoms with van der Waals surface area (Å²) in [7, 11) is 0. The van der Waals surface area contributed by atoms with E-state index in [1.165, 1.54) is 0 Å². The Bertz CT molecular complexity index is 363. The number of nitrogens with two attached hydrogens (primary N) is 1. The van der Waals surface area contributed by atoms with Gasteiger partial charge in [-0.05, 0) is 6.07 Å². The quantitative estimate of drug-likeness (QED) is 0.567. The molecule has 0 bridgehead atoms. The molecule has 5 nitrogen and oxygen atoms in total. The van der Waals surface area contributed by atoms with E-state index in [1.54, 1.807) is 0 Å². The fraction of sp³-hybridized carbons (Fsp3) is 0. The third kappa shape index (κ3) is 2.82. The number of aromatic amines is 1. The Labute approximate surface area is 74.2 Å². The summed E-state index contributed by atoms with van der Waals surface area (Å²) >= 11 is 0. The normalized spacial score (nSPS) is 8.92. The average Bonchev–Trinajstić information content (AvgIpc) is 2.49. The summed E-state index contributed by atoms with van der Waals surface area (Å²) in [6, 6.07) is 8.01. The first-order valence-electron chi connectivity index (χ1n) is 3.56. The molecule has 13 heavy (non-hydrogen) atoms. The van der Waals surface area contributed by atoms with Crippen molar-refractivity contribution in [3.8, 4) is 0 Å². The Hall–Kier alpha value is -2.04. The Morgan fingerprint density at radius 3 is 2.69 bits per heavy atom. The summed E-state index contributed by atoms with van der Waals surface area (Å²) in [6.07, 6.45) is 0.481. The summed E-state index contributed by atoms with van der Waals surface area (Å²) in [4.78, 5) is 8.78. The molecule has 0 fully saturated rings. The van der Waals surface area contributed by atoms with E-state index in [4.69, 9.17) is 9.90 Å². The third-order valence-electron chi connectivity index (χ3n) is 1.35. The summed E-state index contributed by atoms with van der Waals surface area (Å²) in [5.41, 5.74) is 5.12. The number of nitrogens with one attached hydrogen (secondary N) is 1. The molecule has 0 aliphatic carbocycles. The van der Waals surface area contributed by atoms with Gasteiger partial charge in [-0.1, -0.05) is 18.2 Å². The van der Waals surface area contributed by atoms with Crippen LogP contribution in [0, 0.1) is 0 Å². The Balaban J connectivity index is 0.000000184. The second-order valence-corrected chi connectivity index (χ2v) is 2.30. The molecule has 0 unspecified atom stereocenters. The highest BCUT2D eigenvalue weighted by Gasteiger charge is 1.88. The predicted octanol–water partition coefficient (Wildman–Crippen LogP) is 1.19. The van der Waals surface area contributed by atoms with Crippen LogP contribution in [-0.4, -0.2) is 21.4 Å². The van der Waals surface area contributed by atoms with Crippen LogP contribution in [0.3, 0.4) is 0 Å². The Morgan fingerprint density at radius 1 is 1.46 bits per heavy atom. The molecule has 4 N–H and O–H groups in total. The topological polar surface area (TPSA) is 92.0 Å². The zero-order valence-electron chi connectivity index (χ0n) is 6.77. The van der Waals surface area contributed by atoms with Crippen LogP contribution in [0.25, 0.3) is 10.9 Å². The molecular formula is C8H9N3O2. The molecule has 0 saturated carbocycles. The van der Waals surface area contributed by atoms with Crippen LogP contribution >= 0.6 is 0 Å². The molecule has 2 rings (SSSR count). The van der Waals surface area contributed by atoms with E-state index in [1.807, 2.05) is 30.5 Å². The zero-order valence-corrected chi connectivity index (χ0v) is 6.77. The molecule has 68 valence electrons. The van der Waals surface area contributed by atoms with Gasteiger partial charge in [-0.15, -0.1) is 0 Å².